The Morgan fingerprint density at radius 1 is 1.33 bits per heavy atom. The van der Waals surface area contributed by atoms with Gasteiger partial charge >= 0.3 is 5.69 Å². The molecule has 0 saturated heterocycles. The van der Waals surface area contributed by atoms with Gasteiger partial charge in [-0.25, -0.2) is 4.98 Å². The Balaban J connectivity index is 2.46. The number of rotatable bonds is 3. The van der Waals surface area contributed by atoms with Crippen molar-refractivity contribution in [3.05, 3.63) is 56.7 Å². The predicted molar refractivity (Wildman–Crippen MR) is 69.8 cm³/mol. The molecule has 1 aromatic heterocycles. The van der Waals surface area contributed by atoms with E-state index in [1.165, 1.54) is 6.07 Å². The van der Waals surface area contributed by atoms with Crippen LogP contribution in [0.5, 0.6) is 11.6 Å². The molecule has 2 aromatic rings. The van der Waals surface area contributed by atoms with Gasteiger partial charge in [0, 0.05) is 12.3 Å². The van der Waals surface area contributed by atoms with Crippen LogP contribution in [-0.2, 0) is 0 Å². The lowest BCUT2D eigenvalue weighted by atomic mass is 10.2. The number of aromatic nitrogens is 1. The number of pyridine rings is 1. The summed E-state index contributed by atoms with van der Waals surface area (Å²) in [5.41, 5.74) is 0.606. The standard InChI is InChI=1S/C12H9BrN2O3/c1-8-4-2-6-10(15(16)17)11(8)18-12-9(13)5-3-7-14-12/h2-7H,1H3. The van der Waals surface area contributed by atoms with E-state index in [1.807, 2.05) is 0 Å². The van der Waals surface area contributed by atoms with E-state index in [-0.39, 0.29) is 11.4 Å². The summed E-state index contributed by atoms with van der Waals surface area (Å²) >= 11 is 3.28. The van der Waals surface area contributed by atoms with Gasteiger partial charge in [0.1, 0.15) is 0 Å². The van der Waals surface area contributed by atoms with Gasteiger partial charge in [0.15, 0.2) is 0 Å². The summed E-state index contributed by atoms with van der Waals surface area (Å²) in [6.07, 6.45) is 1.56. The molecule has 1 heterocycles. The average Bonchev–Trinajstić information content (AvgIpc) is 2.34. The molecule has 0 atom stereocenters. The van der Waals surface area contributed by atoms with Crippen LogP contribution in [0.4, 0.5) is 5.69 Å². The molecule has 0 saturated carbocycles. The number of hydrogen-bond donors (Lipinski definition) is 0. The number of ether oxygens (including phenoxy) is 1. The first-order valence-corrected chi connectivity index (χ1v) is 5.91. The van der Waals surface area contributed by atoms with Crippen molar-refractivity contribution in [1.29, 1.82) is 0 Å². The SMILES string of the molecule is Cc1cccc([N+](=O)[O-])c1Oc1ncccc1Br. The van der Waals surface area contributed by atoms with Gasteiger partial charge in [0.2, 0.25) is 11.6 Å². The Morgan fingerprint density at radius 3 is 2.78 bits per heavy atom. The number of nitro benzene ring substituents is 1. The molecule has 0 aliphatic rings. The summed E-state index contributed by atoms with van der Waals surface area (Å²) in [5, 5.41) is 10.9. The van der Waals surface area contributed by atoms with Gasteiger partial charge in [-0.2, -0.15) is 0 Å². The molecule has 18 heavy (non-hydrogen) atoms. The fourth-order valence-electron chi connectivity index (χ4n) is 1.46. The zero-order valence-electron chi connectivity index (χ0n) is 9.46. The van der Waals surface area contributed by atoms with E-state index in [1.54, 1.807) is 37.4 Å². The van der Waals surface area contributed by atoms with Gasteiger partial charge < -0.3 is 4.74 Å². The first kappa shape index (κ1) is 12.5. The smallest absolute Gasteiger partial charge is 0.311 e. The Kier molecular flexibility index (Phi) is 3.57. The van der Waals surface area contributed by atoms with Crippen molar-refractivity contribution >= 4 is 21.6 Å². The molecule has 0 N–H and O–H groups in total. The number of halogens is 1. The second kappa shape index (κ2) is 5.14. The highest BCUT2D eigenvalue weighted by Gasteiger charge is 2.18. The number of aryl methyl sites for hydroxylation is 1. The third kappa shape index (κ3) is 2.48. The fraction of sp³-hybridized carbons (Fsp3) is 0.0833. The maximum Gasteiger partial charge on any atom is 0.311 e. The molecular formula is C12H9BrN2O3. The number of nitrogens with zero attached hydrogens (tertiary/aromatic N) is 2. The molecule has 1 aromatic carbocycles. The number of hydrogen-bond acceptors (Lipinski definition) is 4. The van der Waals surface area contributed by atoms with E-state index in [2.05, 4.69) is 20.9 Å². The molecular weight excluding hydrogens is 300 g/mol. The maximum absolute atomic E-state index is 10.9. The summed E-state index contributed by atoms with van der Waals surface area (Å²) in [7, 11) is 0. The molecule has 5 nitrogen and oxygen atoms in total. The zero-order valence-corrected chi connectivity index (χ0v) is 11.0. The van der Waals surface area contributed by atoms with Gasteiger partial charge in [-0.05, 0) is 40.5 Å². The molecule has 6 heteroatoms. The van der Waals surface area contributed by atoms with Crippen molar-refractivity contribution in [1.82, 2.24) is 4.98 Å². The van der Waals surface area contributed by atoms with E-state index < -0.39 is 4.92 Å². The Hall–Kier alpha value is -1.95. The van der Waals surface area contributed by atoms with Crippen LogP contribution in [0.2, 0.25) is 0 Å². The minimum atomic E-state index is -0.473. The minimum Gasteiger partial charge on any atom is -0.430 e. The second-order valence-corrected chi connectivity index (χ2v) is 4.43. The highest BCUT2D eigenvalue weighted by Crippen LogP contribution is 2.35. The average molecular weight is 309 g/mol. The van der Waals surface area contributed by atoms with E-state index in [9.17, 15) is 10.1 Å². The highest BCUT2D eigenvalue weighted by atomic mass is 79.9. The first-order chi connectivity index (χ1) is 8.59. The van der Waals surface area contributed by atoms with Gasteiger partial charge in [0.25, 0.3) is 0 Å². The third-order valence-electron chi connectivity index (χ3n) is 2.31. The first-order valence-electron chi connectivity index (χ1n) is 5.12. The van der Waals surface area contributed by atoms with Crippen LogP contribution < -0.4 is 4.74 Å². The van der Waals surface area contributed by atoms with Crippen LogP contribution in [0.1, 0.15) is 5.56 Å². The van der Waals surface area contributed by atoms with Crippen molar-refractivity contribution < 1.29 is 9.66 Å². The topological polar surface area (TPSA) is 65.3 Å². The molecule has 0 amide bonds. The van der Waals surface area contributed by atoms with Crippen LogP contribution in [0.25, 0.3) is 0 Å². The van der Waals surface area contributed by atoms with Gasteiger partial charge in [-0.3, -0.25) is 10.1 Å². The third-order valence-corrected chi connectivity index (χ3v) is 2.91. The lowest BCUT2D eigenvalue weighted by molar-refractivity contribution is -0.385. The second-order valence-electron chi connectivity index (χ2n) is 3.57. The zero-order chi connectivity index (χ0) is 13.1. The van der Waals surface area contributed by atoms with Gasteiger partial charge in [0.05, 0.1) is 9.40 Å². The quantitative estimate of drug-likeness (QED) is 0.638. The lowest BCUT2D eigenvalue weighted by Crippen LogP contribution is -1.97. The summed E-state index contributed by atoms with van der Waals surface area (Å²) < 4.78 is 6.17. The Labute approximate surface area is 112 Å². The summed E-state index contributed by atoms with van der Waals surface area (Å²) in [4.78, 5) is 14.5. The van der Waals surface area contributed by atoms with Gasteiger partial charge in [-0.1, -0.05) is 12.1 Å². The molecule has 0 fully saturated rings. The Morgan fingerprint density at radius 2 is 2.11 bits per heavy atom. The molecule has 92 valence electrons. The highest BCUT2D eigenvalue weighted by molar-refractivity contribution is 9.10. The minimum absolute atomic E-state index is 0.0763. The van der Waals surface area contributed by atoms with Crippen LogP contribution >= 0.6 is 15.9 Å². The van der Waals surface area contributed by atoms with Crippen molar-refractivity contribution in [2.24, 2.45) is 0 Å². The fourth-order valence-corrected chi connectivity index (χ4v) is 1.79. The summed E-state index contributed by atoms with van der Waals surface area (Å²) in [5.74, 6) is 0.511. The number of benzene rings is 1. The number of para-hydroxylation sites is 1. The van der Waals surface area contributed by atoms with E-state index >= 15 is 0 Å². The molecule has 0 aliphatic heterocycles. The van der Waals surface area contributed by atoms with Crippen molar-refractivity contribution in [3.8, 4) is 11.6 Å². The van der Waals surface area contributed by atoms with E-state index in [0.29, 0.717) is 15.9 Å². The molecule has 0 spiro atoms. The van der Waals surface area contributed by atoms with Crippen LogP contribution in [-0.4, -0.2) is 9.91 Å². The Bertz CT molecular complexity index is 602. The van der Waals surface area contributed by atoms with Crippen molar-refractivity contribution in [2.45, 2.75) is 6.92 Å². The van der Waals surface area contributed by atoms with Crippen LogP contribution in [0.15, 0.2) is 41.0 Å². The van der Waals surface area contributed by atoms with E-state index in [0.717, 1.165) is 0 Å². The number of nitro groups is 1. The molecule has 0 unspecified atom stereocenters. The molecule has 0 bridgehead atoms. The molecule has 2 rings (SSSR count). The normalized spacial score (nSPS) is 10.1. The molecule has 0 radical (unpaired) electrons. The molecule has 0 aliphatic carbocycles. The van der Waals surface area contributed by atoms with Crippen LogP contribution in [0.3, 0.4) is 0 Å². The summed E-state index contributed by atoms with van der Waals surface area (Å²) in [6, 6.07) is 8.27. The maximum atomic E-state index is 10.9. The largest absolute Gasteiger partial charge is 0.430 e. The summed E-state index contributed by atoms with van der Waals surface area (Å²) in [6.45, 7) is 1.75. The predicted octanol–water partition coefficient (Wildman–Crippen LogP) is 3.85. The lowest BCUT2D eigenvalue weighted by Gasteiger charge is -2.08. The van der Waals surface area contributed by atoms with Crippen LogP contribution in [0, 0.1) is 17.0 Å². The van der Waals surface area contributed by atoms with E-state index in [4.69, 9.17) is 4.74 Å². The van der Waals surface area contributed by atoms with Crippen molar-refractivity contribution in [2.75, 3.05) is 0 Å². The van der Waals surface area contributed by atoms with Crippen molar-refractivity contribution in [3.63, 3.8) is 0 Å². The van der Waals surface area contributed by atoms with Gasteiger partial charge in [-0.15, -0.1) is 0 Å². The monoisotopic (exact) mass is 308 g/mol.